The van der Waals surface area contributed by atoms with E-state index in [0.29, 0.717) is 6.04 Å². The van der Waals surface area contributed by atoms with Gasteiger partial charge in [0.2, 0.25) is 6.41 Å². The Morgan fingerprint density at radius 2 is 2.17 bits per heavy atom. The van der Waals surface area contributed by atoms with E-state index in [1.54, 1.807) is 0 Å². The fraction of sp³-hybridized carbons (Fsp3) is 0.667. The van der Waals surface area contributed by atoms with Crippen molar-refractivity contribution in [2.75, 3.05) is 19.6 Å². The normalized spacial score (nSPS) is 20.3. The van der Waals surface area contributed by atoms with Gasteiger partial charge in [-0.05, 0) is 12.8 Å². The molecule has 3 heteroatoms. The van der Waals surface area contributed by atoms with E-state index in [9.17, 15) is 4.79 Å². The Morgan fingerprint density at radius 1 is 1.50 bits per heavy atom. The summed E-state index contributed by atoms with van der Waals surface area (Å²) >= 11 is 0. The fourth-order valence-corrected chi connectivity index (χ4v) is 1.56. The van der Waals surface area contributed by atoms with E-state index in [2.05, 4.69) is 16.8 Å². The Hall–Kier alpha value is -0.830. The van der Waals surface area contributed by atoms with Crippen LogP contribution in [0.5, 0.6) is 0 Å². The molecule has 1 aliphatic heterocycles. The molecule has 0 atom stereocenters. The van der Waals surface area contributed by atoms with E-state index in [1.165, 1.54) is 0 Å². The third-order valence-electron chi connectivity index (χ3n) is 2.28. The van der Waals surface area contributed by atoms with Crippen LogP contribution in [-0.4, -0.2) is 37.0 Å². The minimum absolute atomic E-state index is 0.392. The number of nitrogens with zero attached hydrogens (tertiary/aromatic N) is 1. The summed E-state index contributed by atoms with van der Waals surface area (Å²) in [4.78, 5) is 12.5. The average molecular weight is 168 g/mol. The quantitative estimate of drug-likeness (QED) is 0.486. The van der Waals surface area contributed by atoms with E-state index < -0.39 is 0 Å². The number of piperidine rings is 1. The topological polar surface area (TPSA) is 32.3 Å². The van der Waals surface area contributed by atoms with E-state index >= 15 is 0 Å². The van der Waals surface area contributed by atoms with Crippen molar-refractivity contribution in [3.8, 4) is 0 Å². The van der Waals surface area contributed by atoms with Crippen molar-refractivity contribution < 1.29 is 4.79 Å². The second kappa shape index (κ2) is 4.93. The molecule has 3 nitrogen and oxygen atoms in total. The van der Waals surface area contributed by atoms with Crippen molar-refractivity contribution in [3.63, 3.8) is 0 Å². The highest BCUT2D eigenvalue weighted by molar-refractivity contribution is 5.46. The maximum absolute atomic E-state index is 10.1. The summed E-state index contributed by atoms with van der Waals surface area (Å²) in [6.45, 7) is 6.80. The highest BCUT2D eigenvalue weighted by Gasteiger charge is 2.16. The first kappa shape index (κ1) is 9.26. The van der Waals surface area contributed by atoms with Crippen LogP contribution in [-0.2, 0) is 4.79 Å². The van der Waals surface area contributed by atoms with Gasteiger partial charge in [0.15, 0.2) is 0 Å². The van der Waals surface area contributed by atoms with Crippen LogP contribution in [0.4, 0.5) is 0 Å². The van der Waals surface area contributed by atoms with Gasteiger partial charge in [-0.15, -0.1) is 6.58 Å². The van der Waals surface area contributed by atoms with Gasteiger partial charge in [-0.1, -0.05) is 6.08 Å². The number of hydrogen-bond donors (Lipinski definition) is 1. The summed E-state index contributed by atoms with van der Waals surface area (Å²) in [7, 11) is 0. The largest absolute Gasteiger partial charge is 0.356 e. The molecule has 1 amide bonds. The molecule has 0 radical (unpaired) electrons. The first-order valence-electron chi connectivity index (χ1n) is 4.39. The highest BCUT2D eigenvalue weighted by atomic mass is 16.1. The molecule has 1 rings (SSSR count). The number of hydrogen-bond acceptors (Lipinski definition) is 2. The first-order valence-corrected chi connectivity index (χ1v) is 4.39. The zero-order valence-corrected chi connectivity index (χ0v) is 7.33. The molecule has 0 spiro atoms. The van der Waals surface area contributed by atoms with Crippen LogP contribution in [0.25, 0.3) is 0 Å². The van der Waals surface area contributed by atoms with Crippen molar-refractivity contribution in [1.29, 1.82) is 0 Å². The molecule has 0 saturated carbocycles. The van der Waals surface area contributed by atoms with Gasteiger partial charge >= 0.3 is 0 Å². The molecule has 1 fully saturated rings. The molecule has 1 heterocycles. The lowest BCUT2D eigenvalue weighted by Gasteiger charge is -2.30. The molecule has 0 aromatic rings. The third-order valence-corrected chi connectivity index (χ3v) is 2.28. The summed E-state index contributed by atoms with van der Waals surface area (Å²) in [6.07, 6.45) is 4.85. The lowest BCUT2D eigenvalue weighted by atomic mass is 10.1. The maximum Gasteiger partial charge on any atom is 0.207 e. The minimum atomic E-state index is 0.392. The molecule has 1 saturated heterocycles. The molecule has 0 bridgehead atoms. The number of amides is 1. The maximum atomic E-state index is 10.1. The third kappa shape index (κ3) is 2.66. The highest BCUT2D eigenvalue weighted by Crippen LogP contribution is 2.08. The standard InChI is InChI=1S/C9H16N2O/c1-2-5-11-6-3-9(4-7-11)10-8-12/h2,8-9H,1,3-7H2,(H,10,12). The van der Waals surface area contributed by atoms with Crippen molar-refractivity contribution in [3.05, 3.63) is 12.7 Å². The SMILES string of the molecule is C=CCN1CCC(NC=O)CC1. The van der Waals surface area contributed by atoms with Gasteiger partial charge in [-0.2, -0.15) is 0 Å². The fourth-order valence-electron chi connectivity index (χ4n) is 1.56. The van der Waals surface area contributed by atoms with Gasteiger partial charge in [0.05, 0.1) is 0 Å². The Balaban J connectivity index is 2.19. The van der Waals surface area contributed by atoms with Crippen LogP contribution in [0, 0.1) is 0 Å². The van der Waals surface area contributed by atoms with E-state index in [0.717, 1.165) is 38.9 Å². The number of carbonyl (C=O) groups excluding carboxylic acids is 1. The number of rotatable bonds is 4. The van der Waals surface area contributed by atoms with Gasteiger partial charge < -0.3 is 5.32 Å². The van der Waals surface area contributed by atoms with Crippen molar-refractivity contribution in [1.82, 2.24) is 10.2 Å². The van der Waals surface area contributed by atoms with Crippen molar-refractivity contribution in [2.45, 2.75) is 18.9 Å². The van der Waals surface area contributed by atoms with Crippen molar-refractivity contribution >= 4 is 6.41 Å². The summed E-state index contributed by atoms with van der Waals surface area (Å²) < 4.78 is 0. The summed E-state index contributed by atoms with van der Waals surface area (Å²) in [5, 5.41) is 2.81. The number of nitrogens with one attached hydrogen (secondary N) is 1. The molecule has 0 aliphatic carbocycles. The van der Waals surface area contributed by atoms with Crippen LogP contribution in [0.2, 0.25) is 0 Å². The lowest BCUT2D eigenvalue weighted by Crippen LogP contribution is -2.41. The average Bonchev–Trinajstić information content (AvgIpc) is 2.09. The monoisotopic (exact) mass is 168 g/mol. The van der Waals surface area contributed by atoms with Crippen LogP contribution >= 0.6 is 0 Å². The summed E-state index contributed by atoms with van der Waals surface area (Å²) in [5.41, 5.74) is 0. The Morgan fingerprint density at radius 3 is 2.67 bits per heavy atom. The molecule has 0 aromatic heterocycles. The molecule has 0 unspecified atom stereocenters. The number of carbonyl (C=O) groups is 1. The van der Waals surface area contributed by atoms with E-state index in [4.69, 9.17) is 0 Å². The summed E-state index contributed by atoms with van der Waals surface area (Å²) in [6, 6.07) is 0.392. The second-order valence-electron chi connectivity index (χ2n) is 3.15. The zero-order chi connectivity index (χ0) is 8.81. The smallest absolute Gasteiger partial charge is 0.207 e. The minimum Gasteiger partial charge on any atom is -0.356 e. The predicted molar refractivity (Wildman–Crippen MR) is 48.9 cm³/mol. The number of likely N-dealkylation sites (tertiary alicyclic amines) is 1. The van der Waals surface area contributed by atoms with Gasteiger partial charge in [-0.25, -0.2) is 0 Å². The van der Waals surface area contributed by atoms with Crippen molar-refractivity contribution in [2.24, 2.45) is 0 Å². The Bertz CT molecular complexity index is 133. The molecule has 0 aromatic carbocycles. The Kier molecular flexibility index (Phi) is 3.80. The molecule has 1 aliphatic rings. The van der Waals surface area contributed by atoms with Crippen LogP contribution in [0.15, 0.2) is 12.7 Å². The van der Waals surface area contributed by atoms with Crippen LogP contribution < -0.4 is 5.32 Å². The zero-order valence-electron chi connectivity index (χ0n) is 7.33. The van der Waals surface area contributed by atoms with Gasteiger partial charge in [0, 0.05) is 25.7 Å². The van der Waals surface area contributed by atoms with Crippen LogP contribution in [0.1, 0.15) is 12.8 Å². The van der Waals surface area contributed by atoms with Crippen LogP contribution in [0.3, 0.4) is 0 Å². The molecule has 12 heavy (non-hydrogen) atoms. The van der Waals surface area contributed by atoms with Gasteiger partial charge in [0.25, 0.3) is 0 Å². The molecular weight excluding hydrogens is 152 g/mol. The van der Waals surface area contributed by atoms with Gasteiger partial charge in [-0.3, -0.25) is 9.69 Å². The molecular formula is C9H16N2O. The molecule has 1 N–H and O–H groups in total. The second-order valence-corrected chi connectivity index (χ2v) is 3.15. The summed E-state index contributed by atoms with van der Waals surface area (Å²) in [5.74, 6) is 0. The van der Waals surface area contributed by atoms with E-state index in [-0.39, 0.29) is 0 Å². The molecule has 68 valence electrons. The lowest BCUT2D eigenvalue weighted by molar-refractivity contribution is -0.110. The first-order chi connectivity index (χ1) is 5.86. The van der Waals surface area contributed by atoms with Gasteiger partial charge in [0.1, 0.15) is 0 Å². The predicted octanol–water partition coefficient (Wildman–Crippen LogP) is 0.383. The van der Waals surface area contributed by atoms with E-state index in [1.807, 2.05) is 6.08 Å². The Labute approximate surface area is 73.4 Å².